The van der Waals surface area contributed by atoms with E-state index in [2.05, 4.69) is 0 Å². The Labute approximate surface area is 159 Å². The van der Waals surface area contributed by atoms with Crippen molar-refractivity contribution in [2.75, 3.05) is 0 Å². The number of nitrogens with zero attached hydrogens (tertiary/aromatic N) is 2. The Morgan fingerprint density at radius 3 is 1.31 bits per heavy atom. The van der Waals surface area contributed by atoms with Crippen LogP contribution >= 0.6 is 0 Å². The molecular formula is C14H16N2O8Se2. The summed E-state index contributed by atoms with van der Waals surface area (Å²) in [5.41, 5.74) is 0. The zero-order valence-electron chi connectivity index (χ0n) is 13.6. The van der Waals surface area contributed by atoms with Gasteiger partial charge in [-0.15, -0.1) is 0 Å². The third kappa shape index (κ3) is 5.91. The fourth-order valence-electron chi connectivity index (χ4n) is 1.98. The second kappa shape index (κ2) is 9.82. The first kappa shape index (κ1) is 20.6. The molecule has 26 heavy (non-hydrogen) atoms. The van der Waals surface area contributed by atoms with Gasteiger partial charge in [0, 0.05) is 0 Å². The monoisotopic (exact) mass is 500 g/mol. The quantitative estimate of drug-likeness (QED) is 0.229. The second-order valence-corrected chi connectivity index (χ2v) is 13.1. The van der Waals surface area contributed by atoms with Crippen LogP contribution in [0.1, 0.15) is 38.5 Å². The molecule has 12 heteroatoms. The summed E-state index contributed by atoms with van der Waals surface area (Å²) in [7, 11) is 0. The molecule has 2 aliphatic rings. The van der Waals surface area contributed by atoms with Crippen molar-refractivity contribution in [3.05, 3.63) is 0 Å². The average molecular weight is 498 g/mol. The number of hydrogen-bond acceptors (Lipinski definition) is 8. The molecule has 2 aliphatic heterocycles. The molecular weight excluding hydrogens is 482 g/mol. The molecule has 0 radical (unpaired) electrons. The average Bonchev–Trinajstić information content (AvgIpc) is 3.08. The van der Waals surface area contributed by atoms with E-state index in [1.807, 2.05) is 0 Å². The summed E-state index contributed by atoms with van der Waals surface area (Å²) in [6.07, 6.45) is 0.432. The summed E-state index contributed by atoms with van der Waals surface area (Å²) >= 11 is 0.259. The normalized spacial score (nSPS) is 17.2. The van der Waals surface area contributed by atoms with Crippen molar-refractivity contribution in [3.8, 4) is 0 Å². The molecule has 2 fully saturated rings. The predicted octanol–water partition coefficient (Wildman–Crippen LogP) is -0.859. The molecule has 2 saturated heterocycles. The Morgan fingerprint density at radius 2 is 1.00 bits per heavy atom. The van der Waals surface area contributed by atoms with Gasteiger partial charge in [-0.2, -0.15) is 0 Å². The molecule has 0 unspecified atom stereocenters. The van der Waals surface area contributed by atoms with Crippen LogP contribution in [0.3, 0.4) is 0 Å². The molecule has 0 aromatic heterocycles. The number of imide groups is 2. The first-order valence-electron chi connectivity index (χ1n) is 7.76. The van der Waals surface area contributed by atoms with Gasteiger partial charge in [0.1, 0.15) is 0 Å². The third-order valence-electron chi connectivity index (χ3n) is 3.26. The zero-order chi connectivity index (χ0) is 19.1. The molecule has 0 aliphatic carbocycles. The van der Waals surface area contributed by atoms with Gasteiger partial charge in [-0.1, -0.05) is 0 Å². The second-order valence-electron chi connectivity index (χ2n) is 5.23. The molecule has 0 aromatic rings. The number of rotatable bonds is 9. The van der Waals surface area contributed by atoms with Crippen LogP contribution in [0.5, 0.6) is 0 Å². The molecule has 142 valence electrons. The fourth-order valence-corrected chi connectivity index (χ4v) is 7.91. The van der Waals surface area contributed by atoms with Crippen molar-refractivity contribution in [1.82, 2.24) is 10.1 Å². The van der Waals surface area contributed by atoms with Crippen LogP contribution in [-0.2, 0) is 38.4 Å². The third-order valence-corrected chi connectivity index (χ3v) is 10.6. The van der Waals surface area contributed by atoms with Crippen LogP contribution < -0.4 is 0 Å². The summed E-state index contributed by atoms with van der Waals surface area (Å²) in [6.45, 7) is 0. The van der Waals surface area contributed by atoms with E-state index in [1.165, 1.54) is 0 Å². The minimum atomic E-state index is -0.628. The summed E-state index contributed by atoms with van der Waals surface area (Å²) in [5, 5.41) is 2.19. The predicted molar refractivity (Wildman–Crippen MR) is 84.7 cm³/mol. The first-order chi connectivity index (χ1) is 12.4. The maximum absolute atomic E-state index is 11.6. The number of carbonyl (C=O) groups is 6. The van der Waals surface area contributed by atoms with E-state index < -0.39 is 35.6 Å². The molecule has 0 aromatic carbocycles. The Kier molecular flexibility index (Phi) is 7.77. The molecule has 0 saturated carbocycles. The standard InChI is InChI=1S/C14H16N2O8Se2/c17-9-1-2-10(18)15(9)23-13(21)5-7-25-26-8-6-14(22)24-16-11(19)3-4-12(16)20/h1-8H2. The maximum atomic E-state index is 11.6. The topological polar surface area (TPSA) is 127 Å². The van der Waals surface area contributed by atoms with Crippen LogP contribution in [0.2, 0.25) is 10.6 Å². The van der Waals surface area contributed by atoms with Crippen molar-refractivity contribution in [2.45, 2.75) is 49.2 Å². The van der Waals surface area contributed by atoms with Gasteiger partial charge >= 0.3 is 160 Å². The fraction of sp³-hybridized carbons (Fsp3) is 0.571. The summed E-state index contributed by atoms with van der Waals surface area (Å²) in [5.74, 6) is -3.29. The van der Waals surface area contributed by atoms with Gasteiger partial charge in [0.15, 0.2) is 0 Å². The van der Waals surface area contributed by atoms with Crippen LogP contribution in [0, 0.1) is 0 Å². The minimum absolute atomic E-state index is 0.0594. The van der Waals surface area contributed by atoms with E-state index in [1.54, 1.807) is 0 Å². The molecule has 0 bridgehead atoms. The van der Waals surface area contributed by atoms with Crippen molar-refractivity contribution >= 4 is 61.8 Å². The van der Waals surface area contributed by atoms with E-state index >= 15 is 0 Å². The van der Waals surface area contributed by atoms with Gasteiger partial charge in [-0.3, -0.25) is 0 Å². The van der Waals surface area contributed by atoms with Crippen LogP contribution in [0.15, 0.2) is 0 Å². The van der Waals surface area contributed by atoms with Gasteiger partial charge < -0.3 is 0 Å². The first-order valence-corrected chi connectivity index (χ1v) is 14.5. The Morgan fingerprint density at radius 1 is 0.692 bits per heavy atom. The van der Waals surface area contributed by atoms with Crippen molar-refractivity contribution in [2.24, 2.45) is 0 Å². The van der Waals surface area contributed by atoms with E-state index in [9.17, 15) is 28.8 Å². The molecule has 4 amide bonds. The summed E-state index contributed by atoms with van der Waals surface area (Å²) in [4.78, 5) is 77.9. The summed E-state index contributed by atoms with van der Waals surface area (Å²) < 4.78 is 0. The number of carbonyl (C=O) groups excluding carboxylic acids is 6. The SMILES string of the molecule is O=C(CC[Se][Se]CCC(=O)ON1C(=O)CCC1=O)ON1C(=O)CCC1=O. The van der Waals surface area contributed by atoms with Gasteiger partial charge in [-0.05, 0) is 0 Å². The Bertz CT molecular complexity index is 552. The van der Waals surface area contributed by atoms with Crippen LogP contribution in [-0.4, -0.2) is 72.0 Å². The van der Waals surface area contributed by atoms with Crippen molar-refractivity contribution in [3.63, 3.8) is 0 Å². The molecule has 0 spiro atoms. The molecule has 10 nitrogen and oxygen atoms in total. The number of amides is 4. The Balaban J connectivity index is 1.52. The molecule has 0 atom stereocenters. The van der Waals surface area contributed by atoms with Gasteiger partial charge in [-0.25, -0.2) is 0 Å². The molecule has 0 N–H and O–H groups in total. The zero-order valence-corrected chi connectivity index (χ0v) is 17.1. The van der Waals surface area contributed by atoms with E-state index in [0.29, 0.717) is 20.8 Å². The van der Waals surface area contributed by atoms with E-state index in [0.717, 1.165) is 0 Å². The van der Waals surface area contributed by atoms with Gasteiger partial charge in [0.25, 0.3) is 0 Å². The van der Waals surface area contributed by atoms with Crippen molar-refractivity contribution in [1.29, 1.82) is 0 Å². The van der Waals surface area contributed by atoms with E-state index in [-0.39, 0.29) is 64.8 Å². The van der Waals surface area contributed by atoms with Crippen LogP contribution in [0.25, 0.3) is 0 Å². The molecule has 2 rings (SSSR count). The van der Waals surface area contributed by atoms with Crippen molar-refractivity contribution < 1.29 is 38.4 Å². The number of hydrogen-bond donors (Lipinski definition) is 0. The number of hydroxylamine groups is 4. The van der Waals surface area contributed by atoms with E-state index in [4.69, 9.17) is 9.68 Å². The van der Waals surface area contributed by atoms with Crippen LogP contribution in [0.4, 0.5) is 0 Å². The summed E-state index contributed by atoms with van der Waals surface area (Å²) in [6, 6.07) is 0. The Hall–Kier alpha value is -1.74. The van der Waals surface area contributed by atoms with Gasteiger partial charge in [0.2, 0.25) is 0 Å². The molecule has 2 heterocycles. The van der Waals surface area contributed by atoms with Gasteiger partial charge in [0.05, 0.1) is 0 Å².